The number of halogens is 1. The van der Waals surface area contributed by atoms with E-state index in [9.17, 15) is 0 Å². The van der Waals surface area contributed by atoms with Crippen LogP contribution in [0.2, 0.25) is 0 Å². The first kappa shape index (κ1) is 10.9. The van der Waals surface area contributed by atoms with Crippen LogP contribution in [0.25, 0.3) is 0 Å². The van der Waals surface area contributed by atoms with Gasteiger partial charge in [0.15, 0.2) is 5.82 Å². The van der Waals surface area contributed by atoms with Crippen molar-refractivity contribution in [2.75, 3.05) is 11.1 Å². The fraction of sp³-hybridized carbons (Fsp3) is 0.222. The molecule has 2 heterocycles. The number of nitrogen functional groups attached to an aromatic ring is 1. The zero-order valence-electron chi connectivity index (χ0n) is 8.68. The molecule has 0 aliphatic heterocycles. The van der Waals surface area contributed by atoms with E-state index >= 15 is 0 Å². The third-order valence-corrected chi connectivity index (χ3v) is 2.38. The van der Waals surface area contributed by atoms with Crippen molar-refractivity contribution in [3.8, 4) is 0 Å². The van der Waals surface area contributed by atoms with E-state index in [2.05, 4.69) is 36.3 Å². The van der Waals surface area contributed by atoms with E-state index in [-0.39, 0.29) is 0 Å². The van der Waals surface area contributed by atoms with Crippen LogP contribution in [0.4, 0.5) is 11.5 Å². The summed E-state index contributed by atoms with van der Waals surface area (Å²) in [6, 6.07) is 1.79. The van der Waals surface area contributed by atoms with E-state index in [1.54, 1.807) is 23.3 Å². The summed E-state index contributed by atoms with van der Waals surface area (Å²) < 4.78 is 2.50. The van der Waals surface area contributed by atoms with Gasteiger partial charge in [-0.05, 0) is 22.0 Å². The van der Waals surface area contributed by atoms with Gasteiger partial charge in [0.05, 0.1) is 12.2 Å². The van der Waals surface area contributed by atoms with E-state index < -0.39 is 0 Å². The normalized spacial score (nSPS) is 10.4. The van der Waals surface area contributed by atoms with Crippen LogP contribution in [0.5, 0.6) is 0 Å². The number of aromatic nitrogens is 4. The van der Waals surface area contributed by atoms with Crippen LogP contribution in [-0.2, 0) is 13.6 Å². The first-order valence-corrected chi connectivity index (χ1v) is 5.44. The Morgan fingerprint density at radius 1 is 1.50 bits per heavy atom. The smallest absolute Gasteiger partial charge is 0.169 e. The first-order valence-electron chi connectivity index (χ1n) is 4.64. The molecule has 0 bridgehead atoms. The van der Waals surface area contributed by atoms with Gasteiger partial charge in [-0.25, -0.2) is 9.97 Å². The molecule has 0 spiro atoms. The highest BCUT2D eigenvalue weighted by Crippen LogP contribution is 2.19. The highest BCUT2D eigenvalue weighted by Gasteiger charge is 2.03. The van der Waals surface area contributed by atoms with Gasteiger partial charge in [0.2, 0.25) is 0 Å². The number of pyridine rings is 1. The molecule has 0 saturated carbocycles. The number of hydrogen-bond donors (Lipinski definition) is 2. The van der Waals surface area contributed by atoms with Gasteiger partial charge >= 0.3 is 0 Å². The van der Waals surface area contributed by atoms with Crippen LogP contribution >= 0.6 is 15.9 Å². The Bertz CT molecular complexity index is 494. The molecule has 2 rings (SSSR count). The molecule has 0 fully saturated rings. The summed E-state index contributed by atoms with van der Waals surface area (Å²) in [6.45, 7) is 0.500. The van der Waals surface area contributed by atoms with Crippen molar-refractivity contribution >= 4 is 27.4 Å². The average Bonchev–Trinajstić information content (AvgIpc) is 2.63. The molecular weight excluding hydrogens is 272 g/mol. The van der Waals surface area contributed by atoms with Crippen LogP contribution in [-0.4, -0.2) is 19.7 Å². The monoisotopic (exact) mass is 282 g/mol. The Morgan fingerprint density at radius 3 is 2.94 bits per heavy atom. The SMILES string of the molecule is Cn1cnc(CNc2ncc(Br)cc2N)n1. The molecule has 0 amide bonds. The molecule has 0 saturated heterocycles. The lowest BCUT2D eigenvalue weighted by Gasteiger charge is -2.06. The largest absolute Gasteiger partial charge is 0.396 e. The molecule has 0 atom stereocenters. The predicted molar refractivity (Wildman–Crippen MR) is 64.7 cm³/mol. The second-order valence-corrected chi connectivity index (χ2v) is 4.20. The van der Waals surface area contributed by atoms with Gasteiger partial charge in [-0.1, -0.05) is 0 Å². The van der Waals surface area contributed by atoms with Crippen LogP contribution in [0, 0.1) is 0 Å². The molecule has 6 nitrogen and oxygen atoms in total. The number of nitrogens with two attached hydrogens (primary N) is 1. The van der Waals surface area contributed by atoms with E-state index in [4.69, 9.17) is 5.73 Å². The van der Waals surface area contributed by atoms with Crippen molar-refractivity contribution in [2.24, 2.45) is 7.05 Å². The highest BCUT2D eigenvalue weighted by atomic mass is 79.9. The molecule has 3 N–H and O–H groups in total. The van der Waals surface area contributed by atoms with Crippen molar-refractivity contribution < 1.29 is 0 Å². The number of anilines is 2. The fourth-order valence-corrected chi connectivity index (χ4v) is 1.58. The lowest BCUT2D eigenvalue weighted by atomic mass is 10.4. The van der Waals surface area contributed by atoms with Gasteiger partial charge in [-0.3, -0.25) is 4.68 Å². The van der Waals surface area contributed by atoms with Gasteiger partial charge in [-0.2, -0.15) is 5.10 Å². The van der Waals surface area contributed by atoms with Crippen molar-refractivity contribution in [3.05, 3.63) is 28.9 Å². The maximum atomic E-state index is 5.79. The minimum Gasteiger partial charge on any atom is -0.396 e. The fourth-order valence-electron chi connectivity index (χ4n) is 1.23. The second kappa shape index (κ2) is 4.48. The maximum Gasteiger partial charge on any atom is 0.169 e. The summed E-state index contributed by atoms with van der Waals surface area (Å²) >= 11 is 3.30. The van der Waals surface area contributed by atoms with Gasteiger partial charge in [0.1, 0.15) is 12.1 Å². The standard InChI is InChI=1S/C9H11BrN6/c1-16-5-14-8(15-16)4-13-9-7(11)2-6(10)3-12-9/h2-3,5H,4,11H2,1H3,(H,12,13). The van der Waals surface area contributed by atoms with Gasteiger partial charge in [-0.15, -0.1) is 0 Å². The molecule has 0 radical (unpaired) electrons. The van der Waals surface area contributed by atoms with Crippen LogP contribution < -0.4 is 11.1 Å². The van der Waals surface area contributed by atoms with Gasteiger partial charge in [0, 0.05) is 17.7 Å². The number of rotatable bonds is 3. The zero-order valence-corrected chi connectivity index (χ0v) is 10.3. The van der Waals surface area contributed by atoms with Crippen molar-refractivity contribution in [1.29, 1.82) is 0 Å². The molecule has 2 aromatic heterocycles. The zero-order chi connectivity index (χ0) is 11.5. The van der Waals surface area contributed by atoms with Crippen LogP contribution in [0.3, 0.4) is 0 Å². The third-order valence-electron chi connectivity index (χ3n) is 1.94. The summed E-state index contributed by atoms with van der Waals surface area (Å²) in [5.41, 5.74) is 6.38. The van der Waals surface area contributed by atoms with Crippen LogP contribution in [0.15, 0.2) is 23.1 Å². The van der Waals surface area contributed by atoms with Crippen molar-refractivity contribution in [2.45, 2.75) is 6.54 Å². The Labute approximate surface area is 101 Å². The average molecular weight is 283 g/mol. The number of nitrogens with zero attached hydrogens (tertiary/aromatic N) is 4. The molecule has 16 heavy (non-hydrogen) atoms. The molecule has 0 unspecified atom stereocenters. The quantitative estimate of drug-likeness (QED) is 0.883. The second-order valence-electron chi connectivity index (χ2n) is 3.28. The topological polar surface area (TPSA) is 81.7 Å². The molecule has 7 heteroatoms. The first-order chi connectivity index (χ1) is 7.65. The lowest BCUT2D eigenvalue weighted by Crippen LogP contribution is -2.06. The van der Waals surface area contributed by atoms with E-state index in [1.807, 2.05) is 7.05 Å². The Morgan fingerprint density at radius 2 is 2.31 bits per heavy atom. The summed E-state index contributed by atoms with van der Waals surface area (Å²) in [5.74, 6) is 1.34. The molecule has 0 aliphatic carbocycles. The van der Waals surface area contributed by atoms with E-state index in [0.29, 0.717) is 23.9 Å². The maximum absolute atomic E-state index is 5.79. The van der Waals surface area contributed by atoms with Crippen molar-refractivity contribution in [3.63, 3.8) is 0 Å². The Balaban J connectivity index is 2.04. The summed E-state index contributed by atoms with van der Waals surface area (Å²) in [5, 5.41) is 7.21. The number of nitrogens with one attached hydrogen (secondary N) is 1. The van der Waals surface area contributed by atoms with Crippen LogP contribution in [0.1, 0.15) is 5.82 Å². The Hall–Kier alpha value is -1.63. The molecule has 0 aromatic carbocycles. The summed E-state index contributed by atoms with van der Waals surface area (Å²) in [6.07, 6.45) is 3.33. The number of aryl methyl sites for hydroxylation is 1. The van der Waals surface area contributed by atoms with Gasteiger partial charge in [0.25, 0.3) is 0 Å². The minimum absolute atomic E-state index is 0.500. The Kier molecular flexibility index (Phi) is 3.04. The molecule has 2 aromatic rings. The van der Waals surface area contributed by atoms with E-state index in [0.717, 1.165) is 4.47 Å². The lowest BCUT2D eigenvalue weighted by molar-refractivity contribution is 0.747. The molecule has 84 valence electrons. The molecular formula is C9H11BrN6. The van der Waals surface area contributed by atoms with Crippen molar-refractivity contribution in [1.82, 2.24) is 19.7 Å². The summed E-state index contributed by atoms with van der Waals surface area (Å²) in [4.78, 5) is 8.24. The summed E-state index contributed by atoms with van der Waals surface area (Å²) in [7, 11) is 1.82. The van der Waals surface area contributed by atoms with E-state index in [1.165, 1.54) is 0 Å². The molecule has 0 aliphatic rings. The predicted octanol–water partition coefficient (Wildman–Crippen LogP) is 1.17. The highest BCUT2D eigenvalue weighted by molar-refractivity contribution is 9.10. The number of hydrogen-bond acceptors (Lipinski definition) is 5. The minimum atomic E-state index is 0.500. The third kappa shape index (κ3) is 2.48. The van der Waals surface area contributed by atoms with Gasteiger partial charge < -0.3 is 11.1 Å².